The summed E-state index contributed by atoms with van der Waals surface area (Å²) in [6.45, 7) is 3.90. The van der Waals surface area contributed by atoms with Gasteiger partial charge in [-0.3, -0.25) is 0 Å². The summed E-state index contributed by atoms with van der Waals surface area (Å²) in [7, 11) is 0. The van der Waals surface area contributed by atoms with Crippen LogP contribution in [0.3, 0.4) is 0 Å². The molecule has 0 amide bonds. The van der Waals surface area contributed by atoms with Crippen LogP contribution in [0.25, 0.3) is 0 Å². The molecule has 13 heavy (non-hydrogen) atoms. The van der Waals surface area contributed by atoms with Crippen molar-refractivity contribution in [3.63, 3.8) is 0 Å². The molecule has 2 unspecified atom stereocenters. The molecule has 4 nitrogen and oxygen atoms in total. The summed E-state index contributed by atoms with van der Waals surface area (Å²) in [6, 6.07) is 0. The van der Waals surface area contributed by atoms with Gasteiger partial charge in [0.15, 0.2) is 5.79 Å². The van der Waals surface area contributed by atoms with E-state index in [2.05, 4.69) is 0 Å². The summed E-state index contributed by atoms with van der Waals surface area (Å²) < 4.78 is 5.25. The van der Waals surface area contributed by atoms with Crippen LogP contribution in [0.5, 0.6) is 0 Å². The fourth-order valence-corrected chi connectivity index (χ4v) is 2.11. The lowest BCUT2D eigenvalue weighted by Gasteiger charge is -2.49. The maximum atomic E-state index is 9.73. The summed E-state index contributed by atoms with van der Waals surface area (Å²) in [5.41, 5.74) is 0. The van der Waals surface area contributed by atoms with Gasteiger partial charge in [-0.2, -0.15) is 0 Å². The average molecular weight is 186 g/mol. The Bertz CT molecular complexity index is 271. The number of aliphatic hydroxyl groups excluding tert-OH is 2. The lowest BCUT2D eigenvalue weighted by atomic mass is 9.82. The molecule has 4 heteroatoms. The van der Waals surface area contributed by atoms with Crippen molar-refractivity contribution in [1.29, 1.82) is 0 Å². The summed E-state index contributed by atoms with van der Waals surface area (Å²) in [6.07, 6.45) is -0.179. The molecule has 0 saturated carbocycles. The second kappa shape index (κ2) is 2.39. The van der Waals surface area contributed by atoms with E-state index in [0.29, 0.717) is 0 Å². The number of hydrogen-bond acceptors (Lipinski definition) is 4. The van der Waals surface area contributed by atoms with Gasteiger partial charge >= 0.3 is 0 Å². The van der Waals surface area contributed by atoms with E-state index in [1.165, 1.54) is 0 Å². The molecule has 1 fully saturated rings. The topological polar surface area (TPSA) is 69.9 Å². The molecule has 0 aromatic rings. The van der Waals surface area contributed by atoms with E-state index in [-0.39, 0.29) is 30.0 Å². The van der Waals surface area contributed by atoms with Gasteiger partial charge in [0, 0.05) is 0 Å². The van der Waals surface area contributed by atoms with Gasteiger partial charge in [0.2, 0.25) is 0 Å². The van der Waals surface area contributed by atoms with Gasteiger partial charge in [0.1, 0.15) is 17.4 Å². The van der Waals surface area contributed by atoms with E-state index in [9.17, 15) is 15.3 Å². The molecule has 3 atom stereocenters. The van der Waals surface area contributed by atoms with Crippen molar-refractivity contribution < 1.29 is 20.1 Å². The minimum Gasteiger partial charge on any atom is -0.509 e. The van der Waals surface area contributed by atoms with Gasteiger partial charge in [-0.25, -0.2) is 0 Å². The van der Waals surface area contributed by atoms with Crippen molar-refractivity contribution in [3.8, 4) is 0 Å². The third-order valence-electron chi connectivity index (χ3n) is 2.82. The van der Waals surface area contributed by atoms with Gasteiger partial charge < -0.3 is 20.1 Å². The van der Waals surface area contributed by atoms with Crippen molar-refractivity contribution in [2.24, 2.45) is 11.8 Å². The lowest BCUT2D eigenvalue weighted by Crippen LogP contribution is -2.60. The largest absolute Gasteiger partial charge is 0.509 e. The average Bonchev–Trinajstić information content (AvgIpc) is 2.12. The summed E-state index contributed by atoms with van der Waals surface area (Å²) in [4.78, 5) is 0. The first kappa shape index (κ1) is 8.84. The van der Waals surface area contributed by atoms with Crippen LogP contribution < -0.4 is 0 Å². The first-order chi connectivity index (χ1) is 5.96. The normalized spacial score (nSPS) is 43.7. The molecule has 0 aromatic carbocycles. The minimum atomic E-state index is -1.34. The zero-order valence-corrected chi connectivity index (χ0v) is 7.69. The van der Waals surface area contributed by atoms with Gasteiger partial charge in [-0.15, -0.1) is 0 Å². The Hall–Kier alpha value is -0.740. The second-order valence-electron chi connectivity index (χ2n) is 4.16. The third-order valence-corrected chi connectivity index (χ3v) is 2.82. The number of ether oxygens (including phenoxy) is 1. The lowest BCUT2D eigenvalue weighted by molar-refractivity contribution is -0.361. The van der Waals surface area contributed by atoms with Crippen molar-refractivity contribution in [2.45, 2.75) is 32.2 Å². The molecule has 1 saturated heterocycles. The highest BCUT2D eigenvalue weighted by Crippen LogP contribution is 2.52. The minimum absolute atomic E-state index is 0.00667. The summed E-state index contributed by atoms with van der Waals surface area (Å²) in [5, 5.41) is 28.4. The molecule has 0 bridgehead atoms. The zero-order valence-electron chi connectivity index (χ0n) is 7.69. The standard InChI is InChI=1S/C9H14O4/c1-4(2)8-6-7(11)5(10)3-9(6,12)13-8/h4,6,8,10-12H,3H2,1-2H3/t6?,8-,9?/m0/s1. The third kappa shape index (κ3) is 0.988. The predicted molar refractivity (Wildman–Crippen MR) is 45.1 cm³/mol. The highest BCUT2D eigenvalue weighted by Gasteiger charge is 2.62. The fourth-order valence-electron chi connectivity index (χ4n) is 2.11. The van der Waals surface area contributed by atoms with Crippen molar-refractivity contribution >= 4 is 0 Å². The first-order valence-corrected chi connectivity index (χ1v) is 4.47. The Morgan fingerprint density at radius 3 is 2.54 bits per heavy atom. The number of hydrogen-bond donors (Lipinski definition) is 3. The highest BCUT2D eigenvalue weighted by atomic mass is 16.7. The second-order valence-corrected chi connectivity index (χ2v) is 4.16. The number of aliphatic hydroxyl groups is 3. The molecule has 1 aliphatic carbocycles. The van der Waals surface area contributed by atoms with Gasteiger partial charge in [0.25, 0.3) is 0 Å². The quantitative estimate of drug-likeness (QED) is 0.573. The molecular formula is C9H14O4. The molecule has 2 rings (SSSR count). The number of rotatable bonds is 1. The molecule has 1 aliphatic heterocycles. The van der Waals surface area contributed by atoms with Crippen LogP contribution in [0.1, 0.15) is 20.3 Å². The Morgan fingerprint density at radius 1 is 1.46 bits per heavy atom. The SMILES string of the molecule is CC(C)[C@@H]1OC2(O)CC(O)=C(O)C12. The molecule has 0 radical (unpaired) electrons. The van der Waals surface area contributed by atoms with Gasteiger partial charge in [0.05, 0.1) is 12.5 Å². The molecule has 3 N–H and O–H groups in total. The molecular weight excluding hydrogens is 172 g/mol. The first-order valence-electron chi connectivity index (χ1n) is 4.47. The van der Waals surface area contributed by atoms with Crippen LogP contribution in [-0.2, 0) is 4.74 Å². The van der Waals surface area contributed by atoms with Crippen LogP contribution >= 0.6 is 0 Å². The Morgan fingerprint density at radius 2 is 2.08 bits per heavy atom. The molecule has 74 valence electrons. The van der Waals surface area contributed by atoms with Crippen molar-refractivity contribution in [1.82, 2.24) is 0 Å². The molecule has 0 spiro atoms. The maximum Gasteiger partial charge on any atom is 0.185 e. The van der Waals surface area contributed by atoms with Crippen molar-refractivity contribution in [3.05, 3.63) is 11.5 Å². The smallest absolute Gasteiger partial charge is 0.185 e. The van der Waals surface area contributed by atoms with Crippen LogP contribution in [-0.4, -0.2) is 27.2 Å². The van der Waals surface area contributed by atoms with Gasteiger partial charge in [-0.05, 0) is 5.92 Å². The van der Waals surface area contributed by atoms with Crippen LogP contribution in [0.2, 0.25) is 0 Å². The van der Waals surface area contributed by atoms with E-state index >= 15 is 0 Å². The molecule has 2 aliphatic rings. The van der Waals surface area contributed by atoms with Crippen LogP contribution in [0.15, 0.2) is 11.5 Å². The predicted octanol–water partition coefficient (Wildman–Crippen LogP) is 1.08. The van der Waals surface area contributed by atoms with E-state index < -0.39 is 11.7 Å². The molecule has 0 aromatic heterocycles. The van der Waals surface area contributed by atoms with Crippen LogP contribution in [0.4, 0.5) is 0 Å². The zero-order chi connectivity index (χ0) is 9.80. The van der Waals surface area contributed by atoms with E-state index in [0.717, 1.165) is 0 Å². The Kier molecular flexibility index (Phi) is 1.63. The van der Waals surface area contributed by atoms with Crippen molar-refractivity contribution in [2.75, 3.05) is 0 Å². The van der Waals surface area contributed by atoms with E-state index in [4.69, 9.17) is 4.74 Å². The maximum absolute atomic E-state index is 9.73. The molecule has 1 heterocycles. The van der Waals surface area contributed by atoms with Crippen LogP contribution in [0, 0.1) is 11.8 Å². The summed E-state index contributed by atoms with van der Waals surface area (Å²) >= 11 is 0. The Balaban J connectivity index is 2.22. The highest BCUT2D eigenvalue weighted by molar-refractivity contribution is 5.23. The monoisotopic (exact) mass is 186 g/mol. The van der Waals surface area contributed by atoms with Gasteiger partial charge in [-0.1, -0.05) is 13.8 Å². The number of fused-ring (bicyclic) bond motifs is 1. The summed E-state index contributed by atoms with van der Waals surface area (Å²) in [5.74, 6) is -1.81. The van der Waals surface area contributed by atoms with E-state index in [1.807, 2.05) is 13.8 Å². The fraction of sp³-hybridized carbons (Fsp3) is 0.778. The Labute approximate surface area is 76.5 Å². The van der Waals surface area contributed by atoms with E-state index in [1.54, 1.807) is 0 Å².